The SMILES string of the molecule is CC(C)c1ccc(NC(=O)C(=O)NC(=O)C2CCNCC2)cc1. The van der Waals surface area contributed by atoms with E-state index in [0.29, 0.717) is 24.4 Å². The maximum atomic E-state index is 11.9. The summed E-state index contributed by atoms with van der Waals surface area (Å²) in [7, 11) is 0. The third-order valence-electron chi connectivity index (χ3n) is 3.99. The lowest BCUT2D eigenvalue weighted by molar-refractivity contribution is -0.141. The van der Waals surface area contributed by atoms with Crippen LogP contribution in [-0.4, -0.2) is 30.8 Å². The average molecular weight is 317 g/mol. The van der Waals surface area contributed by atoms with Crippen molar-refractivity contribution < 1.29 is 14.4 Å². The van der Waals surface area contributed by atoms with Crippen LogP contribution in [-0.2, 0) is 14.4 Å². The summed E-state index contributed by atoms with van der Waals surface area (Å²) >= 11 is 0. The first-order valence-electron chi connectivity index (χ1n) is 7.94. The van der Waals surface area contributed by atoms with Crippen molar-refractivity contribution >= 4 is 23.4 Å². The Morgan fingerprint density at radius 3 is 2.22 bits per heavy atom. The van der Waals surface area contributed by atoms with Crippen LogP contribution >= 0.6 is 0 Å². The van der Waals surface area contributed by atoms with Crippen LogP contribution in [0.1, 0.15) is 38.2 Å². The lowest BCUT2D eigenvalue weighted by Crippen LogP contribution is -2.44. The van der Waals surface area contributed by atoms with Crippen LogP contribution in [0.15, 0.2) is 24.3 Å². The van der Waals surface area contributed by atoms with Crippen molar-refractivity contribution in [2.45, 2.75) is 32.6 Å². The summed E-state index contributed by atoms with van der Waals surface area (Å²) in [6.07, 6.45) is 1.36. The first kappa shape index (κ1) is 17.1. The molecule has 1 saturated heterocycles. The van der Waals surface area contributed by atoms with Gasteiger partial charge in [-0.15, -0.1) is 0 Å². The van der Waals surface area contributed by atoms with Crippen molar-refractivity contribution in [3.05, 3.63) is 29.8 Å². The van der Waals surface area contributed by atoms with E-state index in [0.717, 1.165) is 18.7 Å². The van der Waals surface area contributed by atoms with Crippen LogP contribution in [0.4, 0.5) is 5.69 Å². The number of rotatable bonds is 3. The van der Waals surface area contributed by atoms with Crippen LogP contribution < -0.4 is 16.0 Å². The van der Waals surface area contributed by atoms with Crippen LogP contribution in [0.25, 0.3) is 0 Å². The van der Waals surface area contributed by atoms with Gasteiger partial charge in [-0.05, 0) is 49.5 Å². The monoisotopic (exact) mass is 317 g/mol. The molecule has 124 valence electrons. The predicted octanol–water partition coefficient (Wildman–Crippen LogP) is 1.39. The molecule has 23 heavy (non-hydrogen) atoms. The molecule has 6 heteroatoms. The molecule has 0 unspecified atom stereocenters. The normalized spacial score (nSPS) is 15.3. The number of benzene rings is 1. The quantitative estimate of drug-likeness (QED) is 0.735. The van der Waals surface area contributed by atoms with E-state index < -0.39 is 11.8 Å². The molecule has 0 atom stereocenters. The first-order valence-corrected chi connectivity index (χ1v) is 7.94. The fourth-order valence-electron chi connectivity index (χ4n) is 2.49. The second kappa shape index (κ2) is 7.87. The van der Waals surface area contributed by atoms with Crippen LogP contribution in [0, 0.1) is 5.92 Å². The van der Waals surface area contributed by atoms with E-state index >= 15 is 0 Å². The van der Waals surface area contributed by atoms with Crippen molar-refractivity contribution in [3.63, 3.8) is 0 Å². The van der Waals surface area contributed by atoms with E-state index in [4.69, 9.17) is 0 Å². The van der Waals surface area contributed by atoms with Crippen molar-refractivity contribution in [2.24, 2.45) is 5.92 Å². The molecule has 1 aromatic rings. The van der Waals surface area contributed by atoms with Crippen molar-refractivity contribution in [1.29, 1.82) is 0 Å². The van der Waals surface area contributed by atoms with Gasteiger partial charge >= 0.3 is 11.8 Å². The Morgan fingerprint density at radius 2 is 1.65 bits per heavy atom. The molecule has 0 bridgehead atoms. The fraction of sp³-hybridized carbons (Fsp3) is 0.471. The summed E-state index contributed by atoms with van der Waals surface area (Å²) in [5, 5.41) is 7.83. The lowest BCUT2D eigenvalue weighted by Gasteiger charge is -2.21. The van der Waals surface area contributed by atoms with Gasteiger partial charge in [0, 0.05) is 11.6 Å². The highest BCUT2D eigenvalue weighted by Crippen LogP contribution is 2.17. The molecular formula is C17H23N3O3. The zero-order chi connectivity index (χ0) is 16.8. The molecule has 1 aliphatic rings. The number of piperidine rings is 1. The van der Waals surface area contributed by atoms with Crippen molar-refractivity contribution in [2.75, 3.05) is 18.4 Å². The minimum Gasteiger partial charge on any atom is -0.318 e. The Bertz CT molecular complexity index is 575. The van der Waals surface area contributed by atoms with Gasteiger partial charge in [0.15, 0.2) is 0 Å². The maximum Gasteiger partial charge on any atom is 0.316 e. The molecule has 6 nitrogen and oxygen atoms in total. The van der Waals surface area contributed by atoms with Crippen LogP contribution in [0.3, 0.4) is 0 Å². The Hall–Kier alpha value is -2.21. The highest BCUT2D eigenvalue weighted by Gasteiger charge is 2.25. The Balaban J connectivity index is 1.86. The van der Waals surface area contributed by atoms with Crippen LogP contribution in [0.2, 0.25) is 0 Å². The second-order valence-electron chi connectivity index (χ2n) is 6.07. The number of hydrogen-bond donors (Lipinski definition) is 3. The van der Waals surface area contributed by atoms with Crippen molar-refractivity contribution in [1.82, 2.24) is 10.6 Å². The maximum absolute atomic E-state index is 11.9. The van der Waals surface area contributed by atoms with Gasteiger partial charge in [-0.3, -0.25) is 19.7 Å². The molecule has 3 amide bonds. The predicted molar refractivity (Wildman–Crippen MR) is 87.9 cm³/mol. The first-order chi connectivity index (χ1) is 11.0. The van der Waals surface area contributed by atoms with E-state index in [1.165, 1.54) is 0 Å². The molecule has 1 aliphatic heterocycles. The standard InChI is InChI=1S/C17H23N3O3/c1-11(2)12-3-5-14(6-4-12)19-16(22)17(23)20-15(21)13-7-9-18-10-8-13/h3-6,11,13,18H,7-10H2,1-2H3,(H,19,22)(H,20,21,23). The number of carbonyl (C=O) groups excluding carboxylic acids is 3. The molecule has 0 saturated carbocycles. The molecule has 2 rings (SSSR count). The number of carbonyl (C=O) groups is 3. The van der Waals surface area contributed by atoms with Gasteiger partial charge in [-0.2, -0.15) is 0 Å². The van der Waals surface area contributed by atoms with Gasteiger partial charge in [-0.25, -0.2) is 0 Å². The van der Waals surface area contributed by atoms with E-state index in [-0.39, 0.29) is 11.8 Å². The lowest BCUT2D eigenvalue weighted by atomic mass is 9.97. The topological polar surface area (TPSA) is 87.3 Å². The van der Waals surface area contributed by atoms with Gasteiger partial charge in [0.2, 0.25) is 5.91 Å². The minimum absolute atomic E-state index is 0.210. The molecule has 1 heterocycles. The Labute approximate surface area is 136 Å². The molecule has 0 radical (unpaired) electrons. The molecule has 3 N–H and O–H groups in total. The van der Waals surface area contributed by atoms with Gasteiger partial charge in [0.1, 0.15) is 0 Å². The molecule has 1 aromatic carbocycles. The van der Waals surface area contributed by atoms with E-state index in [1.807, 2.05) is 12.1 Å². The molecule has 0 aliphatic carbocycles. The number of nitrogens with one attached hydrogen (secondary N) is 3. The summed E-state index contributed by atoms with van der Waals surface area (Å²) < 4.78 is 0. The van der Waals surface area contributed by atoms with Crippen LogP contribution in [0.5, 0.6) is 0 Å². The summed E-state index contributed by atoms with van der Waals surface area (Å²) in [4.78, 5) is 35.6. The highest BCUT2D eigenvalue weighted by atomic mass is 16.2. The summed E-state index contributed by atoms with van der Waals surface area (Å²) in [5.74, 6) is -1.93. The number of hydrogen-bond acceptors (Lipinski definition) is 4. The second-order valence-corrected chi connectivity index (χ2v) is 6.07. The zero-order valence-corrected chi connectivity index (χ0v) is 13.5. The number of amides is 3. The number of anilines is 1. The van der Waals surface area contributed by atoms with Crippen molar-refractivity contribution in [3.8, 4) is 0 Å². The molecular weight excluding hydrogens is 294 g/mol. The smallest absolute Gasteiger partial charge is 0.316 e. The third-order valence-corrected chi connectivity index (χ3v) is 3.99. The Morgan fingerprint density at radius 1 is 1.04 bits per heavy atom. The average Bonchev–Trinajstić information content (AvgIpc) is 2.56. The van der Waals surface area contributed by atoms with Gasteiger partial charge in [0.25, 0.3) is 0 Å². The zero-order valence-electron chi connectivity index (χ0n) is 13.5. The molecule has 0 spiro atoms. The Kier molecular flexibility index (Phi) is 5.87. The van der Waals surface area contributed by atoms with E-state index in [2.05, 4.69) is 29.8 Å². The molecule has 1 fully saturated rings. The summed E-state index contributed by atoms with van der Waals surface area (Å²) in [6, 6.07) is 7.29. The highest BCUT2D eigenvalue weighted by molar-refractivity contribution is 6.41. The number of imide groups is 1. The van der Waals surface area contributed by atoms with Gasteiger partial charge < -0.3 is 10.6 Å². The third kappa shape index (κ3) is 4.89. The summed E-state index contributed by atoms with van der Waals surface area (Å²) in [5.41, 5.74) is 1.68. The van der Waals surface area contributed by atoms with E-state index in [1.54, 1.807) is 12.1 Å². The van der Waals surface area contributed by atoms with Gasteiger partial charge in [-0.1, -0.05) is 26.0 Å². The molecule has 0 aromatic heterocycles. The largest absolute Gasteiger partial charge is 0.318 e. The minimum atomic E-state index is -0.915. The van der Waals surface area contributed by atoms with Gasteiger partial charge in [0.05, 0.1) is 0 Å². The van der Waals surface area contributed by atoms with E-state index in [9.17, 15) is 14.4 Å². The summed E-state index contributed by atoms with van der Waals surface area (Å²) in [6.45, 7) is 5.65. The fourth-order valence-corrected chi connectivity index (χ4v) is 2.49.